The normalized spacial score (nSPS) is 22.4. The first-order valence-corrected chi connectivity index (χ1v) is 12.8. The van der Waals surface area contributed by atoms with Crippen LogP contribution in [0.3, 0.4) is 0 Å². The van der Waals surface area contributed by atoms with E-state index in [-0.39, 0.29) is 6.23 Å². The highest BCUT2D eigenvalue weighted by atomic mass is 16.3. The minimum Gasteiger partial charge on any atom is -0.345 e. The maximum atomic E-state index is 10.2. The minimum atomic E-state index is -0.338. The van der Waals surface area contributed by atoms with Gasteiger partial charge in [-0.15, -0.1) is 0 Å². The molecule has 0 radical (unpaired) electrons. The number of aliphatic hydroxyl groups is 1. The Morgan fingerprint density at radius 2 is 1.34 bits per heavy atom. The van der Waals surface area contributed by atoms with Crippen molar-refractivity contribution >= 4 is 0 Å². The van der Waals surface area contributed by atoms with Gasteiger partial charge in [-0.05, 0) is 39.0 Å². The van der Waals surface area contributed by atoms with E-state index in [1.165, 1.54) is 96.3 Å². The average Bonchev–Trinajstić information content (AvgIpc) is 3.14. The molecule has 0 aliphatic carbocycles. The molecule has 0 aromatic carbocycles. The van der Waals surface area contributed by atoms with Crippen molar-refractivity contribution in [1.29, 1.82) is 0 Å². The predicted molar refractivity (Wildman–Crippen MR) is 127 cm³/mol. The lowest BCUT2D eigenvalue weighted by Gasteiger charge is -2.39. The maximum Gasteiger partial charge on any atom is 0.193 e. The molecule has 3 heteroatoms. The molecule has 0 aromatic heterocycles. The van der Waals surface area contributed by atoms with E-state index in [9.17, 15) is 5.11 Å². The zero-order valence-corrected chi connectivity index (χ0v) is 19.9. The first-order chi connectivity index (χ1) is 14.2. The van der Waals surface area contributed by atoms with Crippen LogP contribution < -0.4 is 5.32 Å². The van der Waals surface area contributed by atoms with Crippen LogP contribution in [-0.2, 0) is 0 Å². The van der Waals surface area contributed by atoms with Gasteiger partial charge in [-0.2, -0.15) is 0 Å². The molecule has 0 aromatic rings. The summed E-state index contributed by atoms with van der Waals surface area (Å²) in [5, 5.41) is 13.7. The van der Waals surface area contributed by atoms with Crippen LogP contribution in [0.2, 0.25) is 0 Å². The number of unbranched alkanes of at least 4 members (excludes halogenated alkanes) is 13. The van der Waals surface area contributed by atoms with Crippen molar-refractivity contribution in [1.82, 2.24) is 5.32 Å². The van der Waals surface area contributed by atoms with Gasteiger partial charge in [-0.3, -0.25) is 4.48 Å². The van der Waals surface area contributed by atoms with Gasteiger partial charge < -0.3 is 10.4 Å². The van der Waals surface area contributed by atoms with Crippen molar-refractivity contribution in [3.63, 3.8) is 0 Å². The van der Waals surface area contributed by atoms with E-state index >= 15 is 0 Å². The molecule has 1 aliphatic heterocycles. The van der Waals surface area contributed by atoms with Crippen LogP contribution in [0.5, 0.6) is 0 Å². The summed E-state index contributed by atoms with van der Waals surface area (Å²) in [6.07, 6.45) is 30.5. The van der Waals surface area contributed by atoms with Gasteiger partial charge in [0.15, 0.2) is 12.4 Å². The van der Waals surface area contributed by atoms with Crippen molar-refractivity contribution in [2.45, 2.75) is 136 Å². The fraction of sp³-hybridized carbons (Fsp3) is 0.846. The molecule has 0 saturated heterocycles. The fourth-order valence-electron chi connectivity index (χ4n) is 4.60. The number of allylic oxidation sites excluding steroid dienone is 2. The average molecular weight is 408 g/mol. The highest BCUT2D eigenvalue weighted by molar-refractivity contribution is 4.84. The molecule has 0 saturated carbocycles. The Hall–Kier alpha value is -0.800. The smallest absolute Gasteiger partial charge is 0.193 e. The van der Waals surface area contributed by atoms with Crippen LogP contribution in [-0.4, -0.2) is 28.5 Å². The zero-order valence-electron chi connectivity index (χ0n) is 19.9. The SMILES string of the molecule is CCCCCCCCC/C=C/CCCCCCCCC1NC=C[N+]1(CC)C(C)O. The molecule has 1 rings (SSSR count). The summed E-state index contributed by atoms with van der Waals surface area (Å²) in [5.41, 5.74) is 0. The van der Waals surface area contributed by atoms with Crippen molar-refractivity contribution < 1.29 is 9.59 Å². The van der Waals surface area contributed by atoms with Crippen molar-refractivity contribution in [2.24, 2.45) is 0 Å². The van der Waals surface area contributed by atoms with E-state index < -0.39 is 0 Å². The van der Waals surface area contributed by atoms with E-state index in [1.54, 1.807) is 0 Å². The molecule has 0 amide bonds. The third-order valence-electron chi connectivity index (χ3n) is 6.70. The Labute approximate surface area is 182 Å². The molecule has 3 unspecified atom stereocenters. The second kappa shape index (κ2) is 16.9. The highest BCUT2D eigenvalue weighted by Gasteiger charge is 2.40. The lowest BCUT2D eigenvalue weighted by atomic mass is 10.1. The van der Waals surface area contributed by atoms with Crippen LogP contribution in [0.1, 0.15) is 124 Å². The van der Waals surface area contributed by atoms with Gasteiger partial charge in [0.2, 0.25) is 0 Å². The monoisotopic (exact) mass is 407 g/mol. The summed E-state index contributed by atoms with van der Waals surface area (Å²) in [6.45, 7) is 7.31. The third kappa shape index (κ3) is 10.7. The number of hydrogen-bond acceptors (Lipinski definition) is 2. The van der Waals surface area contributed by atoms with Crippen LogP contribution >= 0.6 is 0 Å². The third-order valence-corrected chi connectivity index (χ3v) is 6.70. The van der Waals surface area contributed by atoms with Crippen LogP contribution in [0, 0.1) is 0 Å². The molecular weight excluding hydrogens is 356 g/mol. The molecule has 170 valence electrons. The van der Waals surface area contributed by atoms with Crippen LogP contribution in [0.15, 0.2) is 24.6 Å². The minimum absolute atomic E-state index is 0.338. The predicted octanol–water partition coefficient (Wildman–Crippen LogP) is 7.38. The number of rotatable bonds is 19. The second-order valence-corrected chi connectivity index (χ2v) is 9.02. The maximum absolute atomic E-state index is 10.2. The Kier molecular flexibility index (Phi) is 15.3. The lowest BCUT2D eigenvalue weighted by Crippen LogP contribution is -2.57. The quantitative estimate of drug-likeness (QED) is 0.133. The Morgan fingerprint density at radius 1 is 0.828 bits per heavy atom. The Morgan fingerprint density at radius 3 is 1.86 bits per heavy atom. The van der Waals surface area contributed by atoms with E-state index in [1.807, 2.05) is 13.1 Å². The van der Waals surface area contributed by atoms with Crippen LogP contribution in [0.25, 0.3) is 0 Å². The molecule has 0 bridgehead atoms. The standard InChI is InChI=1S/C26H51N2O/c1-4-6-7-8-9-10-11-12-13-14-15-16-17-18-19-20-21-22-26-27-23-24-28(26,5-2)25(3)29/h13-14,23-27,29H,4-12,15-22H2,1-3H3/q+1/b14-13+. The number of nitrogens with zero attached hydrogens (tertiary/aromatic N) is 1. The summed E-state index contributed by atoms with van der Waals surface area (Å²) in [5.74, 6) is 0. The summed E-state index contributed by atoms with van der Waals surface area (Å²) in [4.78, 5) is 0. The molecule has 1 aliphatic rings. The van der Waals surface area contributed by atoms with Gasteiger partial charge in [0, 0.05) is 13.3 Å². The van der Waals surface area contributed by atoms with Gasteiger partial charge >= 0.3 is 0 Å². The van der Waals surface area contributed by atoms with Gasteiger partial charge in [0.05, 0.1) is 12.7 Å². The Balaban J connectivity index is 1.89. The topological polar surface area (TPSA) is 32.3 Å². The number of aliphatic hydroxyl groups excluding tert-OH is 1. The number of hydrogen-bond donors (Lipinski definition) is 2. The summed E-state index contributed by atoms with van der Waals surface area (Å²) in [6, 6.07) is 0. The van der Waals surface area contributed by atoms with E-state index in [0.717, 1.165) is 13.0 Å². The first-order valence-electron chi connectivity index (χ1n) is 12.8. The lowest BCUT2D eigenvalue weighted by molar-refractivity contribution is -0.942. The van der Waals surface area contributed by atoms with Gasteiger partial charge in [0.25, 0.3) is 0 Å². The largest absolute Gasteiger partial charge is 0.345 e. The molecule has 29 heavy (non-hydrogen) atoms. The van der Waals surface area contributed by atoms with Crippen LogP contribution in [0.4, 0.5) is 0 Å². The number of nitrogens with one attached hydrogen (secondary N) is 1. The van der Waals surface area contributed by atoms with Crippen molar-refractivity contribution in [3.8, 4) is 0 Å². The fourth-order valence-corrected chi connectivity index (χ4v) is 4.60. The van der Waals surface area contributed by atoms with E-state index in [0.29, 0.717) is 10.6 Å². The molecule has 0 fully saturated rings. The first kappa shape index (κ1) is 26.2. The molecule has 1 heterocycles. The second-order valence-electron chi connectivity index (χ2n) is 9.02. The van der Waals surface area contributed by atoms with E-state index in [4.69, 9.17) is 0 Å². The summed E-state index contributed by atoms with van der Waals surface area (Å²) < 4.78 is 0.672. The summed E-state index contributed by atoms with van der Waals surface area (Å²) in [7, 11) is 0. The highest BCUT2D eigenvalue weighted by Crippen LogP contribution is 2.25. The van der Waals surface area contributed by atoms with Crippen molar-refractivity contribution in [3.05, 3.63) is 24.6 Å². The molecule has 0 spiro atoms. The molecular formula is C26H51N2O+. The van der Waals surface area contributed by atoms with Gasteiger partial charge in [-0.25, -0.2) is 0 Å². The molecule has 2 N–H and O–H groups in total. The van der Waals surface area contributed by atoms with Gasteiger partial charge in [-0.1, -0.05) is 83.3 Å². The number of quaternary nitrogens is 1. The summed E-state index contributed by atoms with van der Waals surface area (Å²) >= 11 is 0. The van der Waals surface area contributed by atoms with Gasteiger partial charge in [0.1, 0.15) is 6.20 Å². The van der Waals surface area contributed by atoms with Crippen molar-refractivity contribution in [2.75, 3.05) is 6.54 Å². The Bertz CT molecular complexity index is 432. The zero-order chi connectivity index (χ0) is 21.2. The molecule has 3 nitrogen and oxygen atoms in total. The van der Waals surface area contributed by atoms with E-state index in [2.05, 4.69) is 37.5 Å². The molecule has 3 atom stereocenters.